The molecule has 0 unspecified atom stereocenters. The fourth-order valence-electron chi connectivity index (χ4n) is 0.121. The number of carboxylic acid groups (broad SMARTS) is 1. The molecule has 1 N–H and O–H groups in total. The number of hydrogen-bond donors (Lipinski definition) is 1. The van der Waals surface area contributed by atoms with Gasteiger partial charge in [0, 0.05) is 0 Å². The van der Waals surface area contributed by atoms with E-state index in [2.05, 4.69) is 8.37 Å². The maximum atomic E-state index is 9.98. The van der Waals surface area contributed by atoms with Gasteiger partial charge < -0.3 is 5.11 Å². The summed E-state index contributed by atoms with van der Waals surface area (Å²) in [5.41, 5.74) is 0. The Hall–Kier alpha value is 0.180. The molecule has 0 amide bonds. The Balaban J connectivity index is 0. The normalized spacial score (nSPS) is 9.70. The SMILES string of the molecule is COS(=O)(=O)OC(=O)O.[NaH]. The minimum atomic E-state index is -4.32. The Labute approximate surface area is 79.7 Å². The summed E-state index contributed by atoms with van der Waals surface area (Å²) in [6.07, 6.45) is -1.92. The fourth-order valence-corrected chi connectivity index (χ4v) is 0.364. The van der Waals surface area contributed by atoms with E-state index in [1.807, 2.05) is 0 Å². The summed E-state index contributed by atoms with van der Waals surface area (Å²) < 4.78 is 26.8. The average molecular weight is 180 g/mol. The van der Waals surface area contributed by atoms with Gasteiger partial charge in [0.25, 0.3) is 0 Å². The predicted octanol–water partition coefficient (Wildman–Crippen LogP) is -1.08. The molecule has 0 rings (SSSR count). The molecule has 0 radical (unpaired) electrons. The van der Waals surface area contributed by atoms with Crippen LogP contribution in [0.4, 0.5) is 4.79 Å². The van der Waals surface area contributed by atoms with Crippen LogP contribution in [0.15, 0.2) is 0 Å². The van der Waals surface area contributed by atoms with Gasteiger partial charge in [0.05, 0.1) is 7.11 Å². The predicted molar refractivity (Wildman–Crippen MR) is 32.2 cm³/mol. The number of rotatable bonds is 2. The summed E-state index contributed by atoms with van der Waals surface area (Å²) in [5.74, 6) is 0. The molecule has 0 bridgehead atoms. The van der Waals surface area contributed by atoms with Crippen LogP contribution in [-0.2, 0) is 18.8 Å². The first kappa shape index (κ1) is 12.8. The van der Waals surface area contributed by atoms with Crippen molar-refractivity contribution in [2.75, 3.05) is 7.11 Å². The molecule has 0 spiro atoms. The molecule has 56 valence electrons. The fraction of sp³-hybridized carbons (Fsp3) is 0.500. The number of carbonyl (C=O) groups is 1. The van der Waals surface area contributed by atoms with Crippen molar-refractivity contribution in [1.82, 2.24) is 0 Å². The third-order valence-corrected chi connectivity index (χ3v) is 1.13. The second-order valence-corrected chi connectivity index (χ2v) is 2.24. The van der Waals surface area contributed by atoms with Gasteiger partial charge in [-0.1, -0.05) is 0 Å². The molecule has 0 aliphatic rings. The Morgan fingerprint density at radius 3 is 2.00 bits per heavy atom. The molecule has 0 aliphatic carbocycles. The van der Waals surface area contributed by atoms with E-state index >= 15 is 0 Å². The van der Waals surface area contributed by atoms with E-state index < -0.39 is 16.6 Å². The molecule has 0 heterocycles. The summed E-state index contributed by atoms with van der Waals surface area (Å²) in [7, 11) is -3.53. The summed E-state index contributed by atoms with van der Waals surface area (Å²) in [5, 5.41) is 7.70. The van der Waals surface area contributed by atoms with Gasteiger partial charge in [-0.05, 0) is 0 Å². The Bertz CT molecular complexity index is 194. The summed E-state index contributed by atoms with van der Waals surface area (Å²) >= 11 is 0. The second-order valence-electron chi connectivity index (χ2n) is 0.924. The molecule has 0 aromatic carbocycles. The van der Waals surface area contributed by atoms with Gasteiger partial charge in [0.2, 0.25) is 0 Å². The van der Waals surface area contributed by atoms with Gasteiger partial charge in [-0.25, -0.2) is 8.98 Å². The third kappa shape index (κ3) is 6.30. The molecular formula is C2H5NaO6S. The van der Waals surface area contributed by atoms with E-state index in [4.69, 9.17) is 5.11 Å². The van der Waals surface area contributed by atoms with E-state index in [-0.39, 0.29) is 29.6 Å². The van der Waals surface area contributed by atoms with Gasteiger partial charge >= 0.3 is 46.1 Å². The van der Waals surface area contributed by atoms with Crippen molar-refractivity contribution in [2.24, 2.45) is 0 Å². The molecule has 0 saturated carbocycles. The second kappa shape index (κ2) is 4.91. The monoisotopic (exact) mass is 180 g/mol. The minimum absolute atomic E-state index is 0. The van der Waals surface area contributed by atoms with E-state index in [1.165, 1.54) is 0 Å². The van der Waals surface area contributed by atoms with Crippen LogP contribution in [0, 0.1) is 0 Å². The van der Waals surface area contributed by atoms with Crippen molar-refractivity contribution >= 4 is 46.1 Å². The van der Waals surface area contributed by atoms with Gasteiger partial charge in [0.15, 0.2) is 0 Å². The van der Waals surface area contributed by atoms with Crippen LogP contribution >= 0.6 is 0 Å². The zero-order chi connectivity index (χ0) is 7.49. The van der Waals surface area contributed by atoms with Gasteiger partial charge in [-0.2, -0.15) is 8.42 Å². The van der Waals surface area contributed by atoms with Crippen LogP contribution in [-0.4, -0.2) is 56.3 Å². The van der Waals surface area contributed by atoms with Crippen molar-refractivity contribution < 1.29 is 26.7 Å². The zero-order valence-corrected chi connectivity index (χ0v) is 5.21. The van der Waals surface area contributed by atoms with E-state index in [0.29, 0.717) is 0 Å². The van der Waals surface area contributed by atoms with Crippen LogP contribution in [0.1, 0.15) is 0 Å². The van der Waals surface area contributed by atoms with Crippen molar-refractivity contribution in [3.63, 3.8) is 0 Å². The van der Waals surface area contributed by atoms with Crippen molar-refractivity contribution in [2.45, 2.75) is 0 Å². The maximum absolute atomic E-state index is 9.98. The molecular weight excluding hydrogens is 175 g/mol. The van der Waals surface area contributed by atoms with Crippen LogP contribution in [0.5, 0.6) is 0 Å². The average Bonchev–Trinajstić information content (AvgIpc) is 1.63. The molecule has 6 nitrogen and oxygen atoms in total. The van der Waals surface area contributed by atoms with Crippen molar-refractivity contribution in [1.29, 1.82) is 0 Å². The van der Waals surface area contributed by atoms with Gasteiger partial charge in [-0.15, -0.1) is 0 Å². The first-order valence-corrected chi connectivity index (χ1v) is 3.04. The molecule has 0 atom stereocenters. The van der Waals surface area contributed by atoms with Crippen LogP contribution < -0.4 is 0 Å². The van der Waals surface area contributed by atoms with Crippen molar-refractivity contribution in [3.05, 3.63) is 0 Å². The van der Waals surface area contributed by atoms with Crippen molar-refractivity contribution in [3.8, 4) is 0 Å². The Kier molecular flexibility index (Phi) is 6.30. The van der Waals surface area contributed by atoms with Crippen LogP contribution in [0.2, 0.25) is 0 Å². The summed E-state index contributed by atoms with van der Waals surface area (Å²) in [6.45, 7) is 0. The molecule has 0 aliphatic heterocycles. The molecule has 0 fully saturated rings. The number of hydrogen-bond acceptors (Lipinski definition) is 5. The standard InChI is InChI=1S/C2H4O6S.Na.H/c1-7-9(5,6)8-2(3)4;;/h1H3,(H,3,4);;. The quantitative estimate of drug-likeness (QED) is 0.544. The van der Waals surface area contributed by atoms with E-state index in [1.54, 1.807) is 0 Å². The summed E-state index contributed by atoms with van der Waals surface area (Å²) in [6, 6.07) is 0. The van der Waals surface area contributed by atoms with Crippen LogP contribution in [0.25, 0.3) is 0 Å². The Morgan fingerprint density at radius 1 is 1.50 bits per heavy atom. The first-order valence-electron chi connectivity index (χ1n) is 1.71. The summed E-state index contributed by atoms with van der Waals surface area (Å²) in [4.78, 5) is 9.49. The van der Waals surface area contributed by atoms with E-state index in [9.17, 15) is 13.2 Å². The third-order valence-electron chi connectivity index (χ3n) is 0.377. The molecule has 0 saturated heterocycles. The van der Waals surface area contributed by atoms with Gasteiger partial charge in [0.1, 0.15) is 0 Å². The van der Waals surface area contributed by atoms with Gasteiger partial charge in [-0.3, -0.25) is 4.18 Å². The molecule has 8 heteroatoms. The first-order chi connectivity index (χ1) is 3.98. The Morgan fingerprint density at radius 2 is 1.90 bits per heavy atom. The molecule has 10 heavy (non-hydrogen) atoms. The molecule has 0 aromatic rings. The zero-order valence-electron chi connectivity index (χ0n) is 4.40. The van der Waals surface area contributed by atoms with E-state index in [0.717, 1.165) is 7.11 Å². The molecule has 0 aromatic heterocycles. The van der Waals surface area contributed by atoms with Crippen LogP contribution in [0.3, 0.4) is 0 Å². The topological polar surface area (TPSA) is 89.9 Å².